The van der Waals surface area contributed by atoms with Gasteiger partial charge in [-0.2, -0.15) is 0 Å². The van der Waals surface area contributed by atoms with Gasteiger partial charge in [-0.05, 0) is 48.4 Å². The summed E-state index contributed by atoms with van der Waals surface area (Å²) in [5.41, 5.74) is 1.82. The first-order valence-electron chi connectivity index (χ1n) is 15.6. The highest BCUT2D eigenvalue weighted by molar-refractivity contribution is 5.90. The third-order valence-electron chi connectivity index (χ3n) is 8.16. The molecule has 0 spiro atoms. The zero-order valence-electron chi connectivity index (χ0n) is 25.6. The average molecular weight is 611 g/mol. The summed E-state index contributed by atoms with van der Waals surface area (Å²) < 4.78 is 16.6. The summed E-state index contributed by atoms with van der Waals surface area (Å²) in [6.07, 6.45) is 0.621. The number of fused-ring (bicyclic) bond motifs is 12. The summed E-state index contributed by atoms with van der Waals surface area (Å²) in [7, 11) is 0. The van der Waals surface area contributed by atoms with Crippen molar-refractivity contribution in [2.45, 2.75) is 76.3 Å². The Bertz CT molecular complexity index is 1190. The van der Waals surface area contributed by atoms with Crippen LogP contribution in [0.2, 0.25) is 0 Å². The molecule has 240 valence electrons. The van der Waals surface area contributed by atoms with Gasteiger partial charge in [0, 0.05) is 19.5 Å². The second-order valence-corrected chi connectivity index (χ2v) is 11.6. The number of aliphatic hydroxyl groups excluding tert-OH is 1. The molecular formula is C33H46N4O7. The van der Waals surface area contributed by atoms with Crippen LogP contribution in [-0.2, 0) is 31.9 Å². The zero-order valence-corrected chi connectivity index (χ0v) is 25.6. The van der Waals surface area contributed by atoms with Gasteiger partial charge in [0.1, 0.15) is 17.9 Å². The average Bonchev–Trinajstić information content (AvgIpc) is 3.54. The minimum Gasteiger partial charge on any atom is -0.494 e. The number of hydrogen-bond acceptors (Lipinski definition) is 8. The largest absolute Gasteiger partial charge is 0.494 e. The highest BCUT2D eigenvalue weighted by Gasteiger charge is 2.31. The van der Waals surface area contributed by atoms with Crippen molar-refractivity contribution in [1.82, 2.24) is 21.3 Å². The van der Waals surface area contributed by atoms with Crippen molar-refractivity contribution in [3.05, 3.63) is 65.7 Å². The number of ether oxygens (including phenoxy) is 3. The fourth-order valence-corrected chi connectivity index (χ4v) is 5.25. The molecule has 11 heteroatoms. The fraction of sp³-hybridized carbons (Fsp3) is 0.545. The van der Waals surface area contributed by atoms with E-state index in [9.17, 15) is 19.5 Å². The molecule has 5 N–H and O–H groups in total. The Morgan fingerprint density at radius 1 is 1.09 bits per heavy atom. The molecular weight excluding hydrogens is 564 g/mol. The van der Waals surface area contributed by atoms with Gasteiger partial charge in [0.25, 0.3) is 0 Å². The molecule has 11 nitrogen and oxygen atoms in total. The monoisotopic (exact) mass is 610 g/mol. The number of alkyl carbamates (subject to hydrolysis) is 1. The molecule has 0 radical (unpaired) electrons. The summed E-state index contributed by atoms with van der Waals surface area (Å²) >= 11 is 0. The van der Waals surface area contributed by atoms with Crippen LogP contribution in [-0.4, -0.2) is 86.3 Å². The van der Waals surface area contributed by atoms with E-state index in [2.05, 4.69) is 21.3 Å². The van der Waals surface area contributed by atoms with Gasteiger partial charge < -0.3 is 40.6 Å². The number of nitrogens with one attached hydrogen (secondary N) is 4. The third-order valence-corrected chi connectivity index (χ3v) is 8.16. The lowest BCUT2D eigenvalue weighted by Gasteiger charge is -2.29. The van der Waals surface area contributed by atoms with E-state index in [1.165, 1.54) is 0 Å². The van der Waals surface area contributed by atoms with Gasteiger partial charge in [-0.1, -0.05) is 62.7 Å². The third kappa shape index (κ3) is 10.2. The molecule has 2 aromatic rings. The Morgan fingerprint density at radius 2 is 1.86 bits per heavy atom. The zero-order chi connectivity index (χ0) is 31.3. The highest BCUT2D eigenvalue weighted by Crippen LogP contribution is 2.16. The number of carbonyl (C=O) groups excluding carboxylic acids is 3. The van der Waals surface area contributed by atoms with Crippen LogP contribution >= 0.6 is 0 Å². The first-order valence-corrected chi connectivity index (χ1v) is 15.6. The molecule has 2 aromatic carbocycles. The second-order valence-electron chi connectivity index (χ2n) is 11.6. The van der Waals surface area contributed by atoms with Gasteiger partial charge in [-0.15, -0.1) is 0 Å². The van der Waals surface area contributed by atoms with E-state index >= 15 is 0 Å². The summed E-state index contributed by atoms with van der Waals surface area (Å²) in [6, 6.07) is 14.9. The maximum atomic E-state index is 13.7. The van der Waals surface area contributed by atoms with Gasteiger partial charge in [0.2, 0.25) is 11.8 Å². The van der Waals surface area contributed by atoms with Gasteiger partial charge in [-0.25, -0.2) is 4.79 Å². The van der Waals surface area contributed by atoms with E-state index in [0.29, 0.717) is 64.2 Å². The predicted molar refractivity (Wildman–Crippen MR) is 165 cm³/mol. The van der Waals surface area contributed by atoms with E-state index in [4.69, 9.17) is 14.2 Å². The van der Waals surface area contributed by atoms with Gasteiger partial charge in [-0.3, -0.25) is 9.59 Å². The normalized spacial score (nSPS) is 23.2. The van der Waals surface area contributed by atoms with Gasteiger partial charge in [0.15, 0.2) is 0 Å². The minimum absolute atomic E-state index is 0.00377. The lowest BCUT2D eigenvalue weighted by molar-refractivity contribution is -0.131. The second kappa shape index (κ2) is 17.0. The molecule has 0 aromatic heterocycles. The first kappa shape index (κ1) is 33.2. The van der Waals surface area contributed by atoms with E-state index in [0.717, 1.165) is 11.1 Å². The van der Waals surface area contributed by atoms with Gasteiger partial charge >= 0.3 is 6.09 Å². The van der Waals surface area contributed by atoms with Crippen LogP contribution in [0.3, 0.4) is 0 Å². The van der Waals surface area contributed by atoms with E-state index in [1.807, 2.05) is 68.4 Å². The molecule has 0 unspecified atom stereocenters. The molecule has 0 aliphatic carbocycles. The summed E-state index contributed by atoms with van der Waals surface area (Å²) in [4.78, 5) is 39.5. The van der Waals surface area contributed by atoms with Crippen LogP contribution in [0.15, 0.2) is 54.6 Å². The number of benzene rings is 2. The minimum atomic E-state index is -1.06. The lowest BCUT2D eigenvalue weighted by atomic mass is 9.96. The van der Waals surface area contributed by atoms with E-state index in [-0.39, 0.29) is 30.4 Å². The van der Waals surface area contributed by atoms with Gasteiger partial charge in [0.05, 0.1) is 38.0 Å². The molecule has 0 saturated carbocycles. The van der Waals surface area contributed by atoms with Crippen molar-refractivity contribution in [2.75, 3.05) is 32.9 Å². The molecule has 44 heavy (non-hydrogen) atoms. The fourth-order valence-electron chi connectivity index (χ4n) is 5.25. The highest BCUT2D eigenvalue weighted by atomic mass is 16.6. The predicted octanol–water partition coefficient (Wildman–Crippen LogP) is 2.10. The first-order chi connectivity index (χ1) is 21.3. The number of carbonyl (C=O) groups is 3. The maximum absolute atomic E-state index is 13.7. The van der Waals surface area contributed by atoms with E-state index in [1.54, 1.807) is 0 Å². The van der Waals surface area contributed by atoms with Crippen molar-refractivity contribution in [3.63, 3.8) is 0 Å². The Balaban J connectivity index is 1.49. The van der Waals surface area contributed by atoms with Crippen molar-refractivity contribution in [3.8, 4) is 5.75 Å². The SMILES string of the molecule is CC[C@H](C)[C@@H]1NC(=O)[C@@H](NC[C@@H](O)[C@H](Cc2ccccc2)NC(=O)O[C@H]2CCOC2)Cc2ccc(cc2)OCCCNC1=O. The lowest BCUT2D eigenvalue weighted by Crippen LogP contribution is -2.57. The Hall–Kier alpha value is -3.67. The molecule has 3 heterocycles. The van der Waals surface area contributed by atoms with Crippen molar-refractivity contribution < 1.29 is 33.7 Å². The number of aliphatic hydroxyl groups is 1. The quantitative estimate of drug-likeness (QED) is 0.275. The number of amides is 3. The topological polar surface area (TPSA) is 147 Å². The Morgan fingerprint density at radius 3 is 2.57 bits per heavy atom. The van der Waals surface area contributed by atoms with Crippen molar-refractivity contribution in [1.29, 1.82) is 0 Å². The number of rotatable bonds is 10. The Kier molecular flexibility index (Phi) is 12.8. The van der Waals surface area contributed by atoms with Crippen LogP contribution in [0.1, 0.15) is 44.2 Å². The van der Waals surface area contributed by atoms with Crippen LogP contribution < -0.4 is 26.0 Å². The maximum Gasteiger partial charge on any atom is 0.407 e. The van der Waals surface area contributed by atoms with E-state index < -0.39 is 30.3 Å². The van der Waals surface area contributed by atoms with Crippen molar-refractivity contribution >= 4 is 17.9 Å². The molecule has 3 aliphatic heterocycles. The molecule has 2 bridgehead atoms. The summed E-state index contributed by atoms with van der Waals surface area (Å²) in [5, 5.41) is 23.3. The summed E-state index contributed by atoms with van der Waals surface area (Å²) in [6.45, 7) is 5.69. The molecule has 3 aliphatic rings. The molecule has 1 fully saturated rings. The standard InChI is InChI=1S/C33H46N4O7/c1-3-22(2)30-32(40)34-15-7-16-43-25-12-10-24(11-13-25)19-28(31(39)37-30)35-20-29(38)27(18-23-8-5-4-6-9-23)36-33(41)44-26-14-17-42-21-26/h4-6,8-13,22,26-30,35,38H,3,7,14-21H2,1-2H3,(H,34,40)(H,36,41)(H,37,39)/t22-,26-,27-,28-,29+,30-/m0/s1. The molecule has 5 rings (SSSR count). The van der Waals surface area contributed by atoms with Crippen LogP contribution in [0.25, 0.3) is 0 Å². The molecule has 1 saturated heterocycles. The number of hydrogen-bond donors (Lipinski definition) is 5. The van der Waals surface area contributed by atoms with Crippen molar-refractivity contribution in [2.24, 2.45) is 5.92 Å². The van der Waals surface area contributed by atoms with Crippen LogP contribution in [0.4, 0.5) is 4.79 Å². The van der Waals surface area contributed by atoms with Crippen LogP contribution in [0, 0.1) is 5.92 Å². The molecule has 6 atom stereocenters. The van der Waals surface area contributed by atoms with Crippen LogP contribution in [0.5, 0.6) is 5.75 Å². The summed E-state index contributed by atoms with van der Waals surface area (Å²) in [5.74, 6) is 0.0367. The Labute approximate surface area is 259 Å². The smallest absolute Gasteiger partial charge is 0.407 e. The molecule has 3 amide bonds.